The summed E-state index contributed by atoms with van der Waals surface area (Å²) in [6, 6.07) is 7.04. The Morgan fingerprint density at radius 2 is 2.04 bits per heavy atom. The molecule has 1 saturated heterocycles. The first-order valence-corrected chi connectivity index (χ1v) is 8.35. The third kappa shape index (κ3) is 6.68. The Kier molecular flexibility index (Phi) is 7.21. The summed E-state index contributed by atoms with van der Waals surface area (Å²) in [5.41, 5.74) is 3.85. The van der Waals surface area contributed by atoms with Gasteiger partial charge < -0.3 is 10.1 Å². The highest BCUT2D eigenvalue weighted by molar-refractivity contribution is 6.30. The van der Waals surface area contributed by atoms with Crippen LogP contribution in [0.15, 0.2) is 29.4 Å². The molecule has 24 heavy (non-hydrogen) atoms. The molecule has 2 rings (SSSR count). The van der Waals surface area contributed by atoms with Crippen LogP contribution in [0.5, 0.6) is 0 Å². The molecule has 1 aliphatic rings. The van der Waals surface area contributed by atoms with Crippen molar-refractivity contribution in [1.82, 2.24) is 10.7 Å². The van der Waals surface area contributed by atoms with Crippen LogP contribution in [0.4, 0.5) is 0 Å². The summed E-state index contributed by atoms with van der Waals surface area (Å²) in [5.74, 6) is -0.366. The lowest BCUT2D eigenvalue weighted by Crippen LogP contribution is -2.33. The van der Waals surface area contributed by atoms with Gasteiger partial charge >= 0.3 is 0 Å². The smallest absolute Gasteiger partial charge is 0.244 e. The maximum absolute atomic E-state index is 11.8. The third-order valence-corrected chi connectivity index (χ3v) is 3.87. The van der Waals surface area contributed by atoms with Gasteiger partial charge in [0.1, 0.15) is 0 Å². The van der Waals surface area contributed by atoms with Crippen LogP contribution in [0.3, 0.4) is 0 Å². The fourth-order valence-corrected chi connectivity index (χ4v) is 2.48. The van der Waals surface area contributed by atoms with Crippen molar-refractivity contribution in [2.24, 2.45) is 5.10 Å². The van der Waals surface area contributed by atoms with Crippen molar-refractivity contribution in [2.45, 2.75) is 38.7 Å². The molecule has 0 saturated carbocycles. The zero-order chi connectivity index (χ0) is 17.4. The predicted molar refractivity (Wildman–Crippen MR) is 93.0 cm³/mol. The molecule has 130 valence electrons. The van der Waals surface area contributed by atoms with Gasteiger partial charge in [0.25, 0.3) is 0 Å². The maximum atomic E-state index is 11.8. The van der Waals surface area contributed by atoms with E-state index in [0.717, 1.165) is 25.0 Å². The van der Waals surface area contributed by atoms with E-state index < -0.39 is 0 Å². The van der Waals surface area contributed by atoms with Gasteiger partial charge in [-0.15, -0.1) is 0 Å². The van der Waals surface area contributed by atoms with E-state index in [4.69, 9.17) is 16.3 Å². The lowest BCUT2D eigenvalue weighted by Gasteiger charge is -2.10. The minimum absolute atomic E-state index is 0.116. The van der Waals surface area contributed by atoms with Crippen LogP contribution in [0.1, 0.15) is 31.7 Å². The standard InChI is InChI=1S/C17H22ClN3O3/c1-12(9-16(22)19-11-15-3-2-8-24-15)20-21-17(23)10-13-4-6-14(18)7-5-13/h4-7,15H,2-3,8-11H2,1H3,(H,19,22)(H,21,23)/t15-/m0/s1. The van der Waals surface area contributed by atoms with E-state index in [9.17, 15) is 9.59 Å². The number of halogens is 1. The van der Waals surface area contributed by atoms with E-state index in [1.165, 1.54) is 0 Å². The van der Waals surface area contributed by atoms with Gasteiger partial charge in [0, 0.05) is 23.9 Å². The number of hydrogen-bond acceptors (Lipinski definition) is 4. The number of benzene rings is 1. The highest BCUT2D eigenvalue weighted by Crippen LogP contribution is 2.11. The quantitative estimate of drug-likeness (QED) is 0.583. The van der Waals surface area contributed by atoms with Gasteiger partial charge in [-0.3, -0.25) is 9.59 Å². The first-order chi connectivity index (χ1) is 11.5. The van der Waals surface area contributed by atoms with Crippen LogP contribution < -0.4 is 10.7 Å². The van der Waals surface area contributed by atoms with Crippen LogP contribution in [0.2, 0.25) is 5.02 Å². The van der Waals surface area contributed by atoms with Crippen molar-refractivity contribution in [3.8, 4) is 0 Å². The van der Waals surface area contributed by atoms with Gasteiger partial charge in [-0.1, -0.05) is 23.7 Å². The second-order valence-corrected chi connectivity index (χ2v) is 6.24. The molecule has 0 unspecified atom stereocenters. The normalized spacial score (nSPS) is 17.6. The topological polar surface area (TPSA) is 79.8 Å². The molecule has 2 amide bonds. The predicted octanol–water partition coefficient (Wildman–Crippen LogP) is 2.06. The average molecular weight is 352 g/mol. The van der Waals surface area contributed by atoms with Gasteiger partial charge in [-0.25, -0.2) is 5.43 Å². The number of carbonyl (C=O) groups is 2. The first-order valence-electron chi connectivity index (χ1n) is 7.97. The Bertz CT molecular complexity index is 596. The number of carbonyl (C=O) groups excluding carboxylic acids is 2. The molecule has 1 aliphatic heterocycles. The molecule has 0 aromatic heterocycles. The van der Waals surface area contributed by atoms with Gasteiger partial charge in [-0.05, 0) is 37.5 Å². The van der Waals surface area contributed by atoms with Gasteiger partial charge in [0.05, 0.1) is 18.9 Å². The van der Waals surface area contributed by atoms with Crippen molar-refractivity contribution in [3.63, 3.8) is 0 Å². The molecule has 0 aliphatic carbocycles. The molecule has 7 heteroatoms. The summed E-state index contributed by atoms with van der Waals surface area (Å²) in [6.45, 7) is 2.99. The Morgan fingerprint density at radius 1 is 1.29 bits per heavy atom. The number of nitrogens with zero attached hydrogens (tertiary/aromatic N) is 1. The molecule has 1 aromatic rings. The number of nitrogens with one attached hydrogen (secondary N) is 2. The third-order valence-electron chi connectivity index (χ3n) is 3.62. The molecule has 2 N–H and O–H groups in total. The molecule has 6 nitrogen and oxygen atoms in total. The number of hydrazone groups is 1. The summed E-state index contributed by atoms with van der Waals surface area (Å²) in [6.07, 6.45) is 2.49. The maximum Gasteiger partial charge on any atom is 0.244 e. The zero-order valence-electron chi connectivity index (χ0n) is 13.7. The van der Waals surface area contributed by atoms with Crippen LogP contribution in [0, 0.1) is 0 Å². The summed E-state index contributed by atoms with van der Waals surface area (Å²) < 4.78 is 5.44. The van der Waals surface area contributed by atoms with Crippen LogP contribution >= 0.6 is 11.6 Å². The summed E-state index contributed by atoms with van der Waals surface area (Å²) in [5, 5.41) is 7.40. The fraction of sp³-hybridized carbons (Fsp3) is 0.471. The number of rotatable bonds is 7. The minimum atomic E-state index is -0.239. The number of ether oxygens (including phenoxy) is 1. The van der Waals surface area contributed by atoms with Gasteiger partial charge in [0.15, 0.2) is 0 Å². The average Bonchev–Trinajstić information content (AvgIpc) is 3.07. The van der Waals surface area contributed by atoms with E-state index in [1.807, 2.05) is 0 Å². The molecule has 0 radical (unpaired) electrons. The van der Waals surface area contributed by atoms with E-state index in [-0.39, 0.29) is 30.8 Å². The Balaban J connectivity index is 1.68. The second kappa shape index (κ2) is 9.39. The van der Waals surface area contributed by atoms with Gasteiger partial charge in [0.2, 0.25) is 11.8 Å². The molecule has 1 heterocycles. The van der Waals surface area contributed by atoms with Crippen LogP contribution in [-0.2, 0) is 20.7 Å². The molecule has 0 bridgehead atoms. The Labute approximate surface area is 146 Å². The van der Waals surface area contributed by atoms with Gasteiger partial charge in [-0.2, -0.15) is 5.10 Å². The highest BCUT2D eigenvalue weighted by Gasteiger charge is 2.16. The van der Waals surface area contributed by atoms with Crippen molar-refractivity contribution >= 4 is 29.1 Å². The Hall–Kier alpha value is -1.92. The monoisotopic (exact) mass is 351 g/mol. The van der Waals surface area contributed by atoms with E-state index in [1.54, 1.807) is 31.2 Å². The van der Waals surface area contributed by atoms with E-state index in [2.05, 4.69) is 15.8 Å². The molecule has 1 fully saturated rings. The summed E-state index contributed by atoms with van der Waals surface area (Å²) in [4.78, 5) is 23.6. The van der Waals surface area contributed by atoms with Crippen molar-refractivity contribution in [2.75, 3.05) is 13.2 Å². The van der Waals surface area contributed by atoms with E-state index >= 15 is 0 Å². The molecular weight excluding hydrogens is 330 g/mol. The largest absolute Gasteiger partial charge is 0.376 e. The Morgan fingerprint density at radius 3 is 2.71 bits per heavy atom. The summed E-state index contributed by atoms with van der Waals surface area (Å²) >= 11 is 5.80. The fourth-order valence-electron chi connectivity index (χ4n) is 2.35. The lowest BCUT2D eigenvalue weighted by molar-refractivity contribution is -0.121. The first kappa shape index (κ1) is 18.4. The van der Waals surface area contributed by atoms with Crippen molar-refractivity contribution < 1.29 is 14.3 Å². The van der Waals surface area contributed by atoms with Crippen LogP contribution in [-0.4, -0.2) is 36.8 Å². The zero-order valence-corrected chi connectivity index (χ0v) is 14.4. The van der Waals surface area contributed by atoms with Crippen molar-refractivity contribution in [3.05, 3.63) is 34.9 Å². The van der Waals surface area contributed by atoms with Crippen molar-refractivity contribution in [1.29, 1.82) is 0 Å². The second-order valence-electron chi connectivity index (χ2n) is 5.80. The SMILES string of the molecule is CC(CC(=O)NC[C@@H]1CCCO1)=NNC(=O)Cc1ccc(Cl)cc1. The molecule has 1 aromatic carbocycles. The highest BCUT2D eigenvalue weighted by atomic mass is 35.5. The molecule has 1 atom stereocenters. The molecular formula is C17H22ClN3O3. The summed E-state index contributed by atoms with van der Waals surface area (Å²) in [7, 11) is 0. The minimum Gasteiger partial charge on any atom is -0.376 e. The van der Waals surface area contributed by atoms with E-state index in [0.29, 0.717) is 17.3 Å². The van der Waals surface area contributed by atoms with Crippen LogP contribution in [0.25, 0.3) is 0 Å². The number of amides is 2. The molecule has 0 spiro atoms. The number of hydrogen-bond donors (Lipinski definition) is 2. The lowest BCUT2D eigenvalue weighted by atomic mass is 10.1.